The van der Waals surface area contributed by atoms with Gasteiger partial charge in [-0.3, -0.25) is 9.59 Å². The highest BCUT2D eigenvalue weighted by Crippen LogP contribution is 2.31. The number of H-pyrrole nitrogens is 1. The number of amides is 1. The van der Waals surface area contributed by atoms with E-state index < -0.39 is 0 Å². The summed E-state index contributed by atoms with van der Waals surface area (Å²) >= 11 is 0. The minimum Gasteiger partial charge on any atom is -0.331 e. The molecule has 0 aliphatic heterocycles. The third kappa shape index (κ3) is 3.38. The molecule has 27 heavy (non-hydrogen) atoms. The van der Waals surface area contributed by atoms with Crippen LogP contribution in [0.2, 0.25) is 0 Å². The Morgan fingerprint density at radius 3 is 2.74 bits per heavy atom. The van der Waals surface area contributed by atoms with Crippen LogP contribution in [-0.2, 0) is 6.54 Å². The lowest BCUT2D eigenvalue weighted by Gasteiger charge is -2.22. The number of carbonyl (C=O) groups is 1. The number of aromatic amines is 1. The molecule has 1 aromatic carbocycles. The molecule has 2 aromatic heterocycles. The van der Waals surface area contributed by atoms with E-state index in [1.807, 2.05) is 0 Å². The summed E-state index contributed by atoms with van der Waals surface area (Å²) in [6.07, 6.45) is 3.31. The second kappa shape index (κ2) is 6.79. The van der Waals surface area contributed by atoms with Crippen LogP contribution in [0.1, 0.15) is 34.5 Å². The zero-order chi connectivity index (χ0) is 19.0. The van der Waals surface area contributed by atoms with Gasteiger partial charge in [0.15, 0.2) is 5.82 Å². The van der Waals surface area contributed by atoms with E-state index in [9.17, 15) is 14.0 Å². The number of benzene rings is 1. The second-order valence-corrected chi connectivity index (χ2v) is 6.59. The van der Waals surface area contributed by atoms with Crippen molar-refractivity contribution in [1.82, 2.24) is 24.9 Å². The summed E-state index contributed by atoms with van der Waals surface area (Å²) in [6, 6.07) is 9.48. The highest BCUT2D eigenvalue weighted by molar-refractivity contribution is 5.95. The van der Waals surface area contributed by atoms with Crippen LogP contribution < -0.4 is 5.56 Å². The number of hydrogen-bond acceptors (Lipinski definition) is 4. The van der Waals surface area contributed by atoms with Gasteiger partial charge in [0.1, 0.15) is 5.82 Å². The van der Waals surface area contributed by atoms with Crippen molar-refractivity contribution in [1.29, 1.82) is 0 Å². The van der Waals surface area contributed by atoms with E-state index in [-0.39, 0.29) is 29.9 Å². The fraction of sp³-hybridized carbons (Fsp3) is 0.263. The summed E-state index contributed by atoms with van der Waals surface area (Å²) in [5.41, 5.74) is 1.22. The number of nitrogens with one attached hydrogen (secondary N) is 1. The summed E-state index contributed by atoms with van der Waals surface area (Å²) in [4.78, 5) is 26.0. The summed E-state index contributed by atoms with van der Waals surface area (Å²) in [7, 11) is 0. The Morgan fingerprint density at radius 2 is 2.07 bits per heavy atom. The zero-order valence-corrected chi connectivity index (χ0v) is 14.7. The molecular formula is C19H18FN5O2. The lowest BCUT2D eigenvalue weighted by atomic mass is 10.1. The summed E-state index contributed by atoms with van der Waals surface area (Å²) in [6.45, 7) is 1.99. The maximum Gasteiger partial charge on any atom is 0.264 e. The molecule has 1 aliphatic carbocycles. The Morgan fingerprint density at radius 1 is 1.30 bits per heavy atom. The summed E-state index contributed by atoms with van der Waals surface area (Å²) < 4.78 is 15.5. The smallest absolute Gasteiger partial charge is 0.264 e. The molecule has 1 aliphatic rings. The van der Waals surface area contributed by atoms with Crippen molar-refractivity contribution in [3.8, 4) is 5.82 Å². The monoisotopic (exact) mass is 367 g/mol. The number of carbonyl (C=O) groups excluding carboxylic acids is 1. The number of halogens is 1. The van der Waals surface area contributed by atoms with Crippen molar-refractivity contribution in [2.24, 2.45) is 0 Å². The molecule has 0 saturated heterocycles. The van der Waals surface area contributed by atoms with Crippen LogP contribution in [0.15, 0.2) is 47.4 Å². The first-order valence-electron chi connectivity index (χ1n) is 8.69. The number of rotatable bonds is 5. The molecule has 0 unspecified atom stereocenters. The highest BCUT2D eigenvalue weighted by Gasteiger charge is 2.34. The molecule has 0 spiro atoms. The van der Waals surface area contributed by atoms with Crippen LogP contribution in [0.3, 0.4) is 0 Å². The molecule has 0 atom stereocenters. The third-order valence-electron chi connectivity index (χ3n) is 4.67. The van der Waals surface area contributed by atoms with E-state index in [2.05, 4.69) is 15.3 Å². The van der Waals surface area contributed by atoms with Gasteiger partial charge in [-0.1, -0.05) is 18.2 Å². The van der Waals surface area contributed by atoms with Gasteiger partial charge >= 0.3 is 0 Å². The van der Waals surface area contributed by atoms with Crippen LogP contribution in [0.25, 0.3) is 5.82 Å². The van der Waals surface area contributed by atoms with Crippen LogP contribution in [0, 0.1) is 12.7 Å². The summed E-state index contributed by atoms with van der Waals surface area (Å²) in [5, 5.41) is 10.5. The second-order valence-electron chi connectivity index (χ2n) is 6.59. The van der Waals surface area contributed by atoms with E-state index in [0.717, 1.165) is 12.8 Å². The molecule has 1 saturated carbocycles. The molecule has 1 fully saturated rings. The van der Waals surface area contributed by atoms with E-state index in [1.54, 1.807) is 30.0 Å². The van der Waals surface area contributed by atoms with Gasteiger partial charge in [-0.15, -0.1) is 0 Å². The average Bonchev–Trinajstić information content (AvgIpc) is 3.43. The minimum absolute atomic E-state index is 0.117. The van der Waals surface area contributed by atoms with Gasteiger partial charge in [0.25, 0.3) is 11.5 Å². The van der Waals surface area contributed by atoms with Crippen molar-refractivity contribution >= 4 is 5.91 Å². The fourth-order valence-corrected chi connectivity index (χ4v) is 3.02. The molecule has 3 aromatic rings. The van der Waals surface area contributed by atoms with Crippen LogP contribution in [0.5, 0.6) is 0 Å². The van der Waals surface area contributed by atoms with Crippen molar-refractivity contribution in [3.63, 3.8) is 0 Å². The van der Waals surface area contributed by atoms with Gasteiger partial charge in [-0.25, -0.2) is 14.2 Å². The van der Waals surface area contributed by atoms with Gasteiger partial charge in [-0.2, -0.15) is 10.2 Å². The number of aromatic nitrogens is 4. The molecule has 0 bridgehead atoms. The van der Waals surface area contributed by atoms with Crippen LogP contribution in [-0.4, -0.2) is 36.8 Å². The molecule has 0 radical (unpaired) electrons. The predicted molar refractivity (Wildman–Crippen MR) is 96.0 cm³/mol. The first kappa shape index (κ1) is 17.1. The topological polar surface area (TPSA) is 83.9 Å². The minimum atomic E-state index is -0.319. The van der Waals surface area contributed by atoms with Gasteiger partial charge in [0.2, 0.25) is 0 Å². The SMILES string of the molecule is Cc1c(C(=O)N(Cc2ccccc2F)C2CC2)cnn1-c1ccc(=O)[nH]n1. The first-order chi connectivity index (χ1) is 13.0. The van der Waals surface area contributed by atoms with Gasteiger partial charge in [0, 0.05) is 24.2 Å². The molecule has 2 heterocycles. The average molecular weight is 367 g/mol. The Balaban J connectivity index is 1.63. The molecule has 1 amide bonds. The fourth-order valence-electron chi connectivity index (χ4n) is 3.02. The van der Waals surface area contributed by atoms with Crippen molar-refractivity contribution in [2.45, 2.75) is 32.4 Å². The first-order valence-corrected chi connectivity index (χ1v) is 8.69. The van der Waals surface area contributed by atoms with E-state index in [0.29, 0.717) is 22.6 Å². The summed E-state index contributed by atoms with van der Waals surface area (Å²) in [5.74, 6) is -0.0899. The van der Waals surface area contributed by atoms with E-state index >= 15 is 0 Å². The van der Waals surface area contributed by atoms with Crippen LogP contribution in [0.4, 0.5) is 4.39 Å². The predicted octanol–water partition coefficient (Wildman–Crippen LogP) is 2.21. The Bertz CT molecular complexity index is 1030. The maximum atomic E-state index is 14.0. The Hall–Kier alpha value is -3.29. The largest absolute Gasteiger partial charge is 0.331 e. The third-order valence-corrected chi connectivity index (χ3v) is 4.67. The van der Waals surface area contributed by atoms with Crippen LogP contribution >= 0.6 is 0 Å². The quantitative estimate of drug-likeness (QED) is 0.749. The molecule has 1 N–H and O–H groups in total. The lowest BCUT2D eigenvalue weighted by molar-refractivity contribution is 0.0727. The molecule has 138 valence electrons. The Labute approximate surface area is 154 Å². The molecule has 4 rings (SSSR count). The lowest BCUT2D eigenvalue weighted by Crippen LogP contribution is -2.33. The van der Waals surface area contributed by atoms with E-state index in [4.69, 9.17) is 0 Å². The molecular weight excluding hydrogens is 349 g/mol. The zero-order valence-electron chi connectivity index (χ0n) is 14.7. The molecule has 8 heteroatoms. The standard InChI is InChI=1S/C19H18FN5O2/c1-12-15(10-21-25(12)17-8-9-18(26)23-22-17)19(27)24(14-6-7-14)11-13-4-2-3-5-16(13)20/h2-5,8-10,14H,6-7,11H2,1H3,(H,23,26). The molecule has 7 nitrogen and oxygen atoms in total. The number of nitrogens with zero attached hydrogens (tertiary/aromatic N) is 4. The van der Waals surface area contributed by atoms with Gasteiger partial charge in [-0.05, 0) is 31.9 Å². The van der Waals surface area contributed by atoms with Crippen molar-refractivity contribution in [2.75, 3.05) is 0 Å². The highest BCUT2D eigenvalue weighted by atomic mass is 19.1. The van der Waals surface area contributed by atoms with Gasteiger partial charge < -0.3 is 4.90 Å². The van der Waals surface area contributed by atoms with Crippen molar-refractivity contribution in [3.05, 3.63) is 75.6 Å². The van der Waals surface area contributed by atoms with Gasteiger partial charge in [0.05, 0.1) is 17.5 Å². The maximum absolute atomic E-state index is 14.0. The van der Waals surface area contributed by atoms with E-state index in [1.165, 1.54) is 29.1 Å². The normalized spacial score (nSPS) is 13.6. The number of hydrogen-bond donors (Lipinski definition) is 1. The van der Waals surface area contributed by atoms with Crippen molar-refractivity contribution < 1.29 is 9.18 Å². The Kier molecular flexibility index (Phi) is 4.31.